The normalized spacial score (nSPS) is 11.1. The van der Waals surface area contributed by atoms with Crippen LogP contribution in [-0.2, 0) is 6.54 Å². The molecule has 0 saturated heterocycles. The number of nitrogens with zero attached hydrogens (tertiary/aromatic N) is 1. The molecule has 0 aliphatic rings. The zero-order valence-electron chi connectivity index (χ0n) is 10.9. The van der Waals surface area contributed by atoms with E-state index in [4.69, 9.17) is 4.42 Å². The van der Waals surface area contributed by atoms with Crippen LogP contribution in [0.15, 0.2) is 61.5 Å². The van der Waals surface area contributed by atoms with E-state index in [1.54, 1.807) is 11.8 Å². The van der Waals surface area contributed by atoms with Gasteiger partial charge in [0.25, 0.3) is 5.22 Å². The van der Waals surface area contributed by atoms with E-state index < -0.39 is 0 Å². The lowest BCUT2D eigenvalue weighted by molar-refractivity contribution is 0.489. The van der Waals surface area contributed by atoms with Crippen LogP contribution in [0.1, 0.15) is 5.56 Å². The Morgan fingerprint density at radius 1 is 1.25 bits per heavy atom. The molecule has 0 atom stereocenters. The van der Waals surface area contributed by atoms with Crippen molar-refractivity contribution in [3.63, 3.8) is 0 Å². The van der Waals surface area contributed by atoms with Gasteiger partial charge in [0.15, 0.2) is 5.58 Å². The van der Waals surface area contributed by atoms with Gasteiger partial charge in [-0.05, 0) is 48.6 Å². The second kappa shape index (κ2) is 5.99. The molecule has 5 heteroatoms. The number of hydrogen-bond donors (Lipinski definition) is 1. The second-order valence-corrected chi connectivity index (χ2v) is 6.24. The number of para-hydroxylation sites is 2. The van der Waals surface area contributed by atoms with Crippen LogP contribution in [0.2, 0.25) is 0 Å². The molecular weight excluding hydrogens is 336 g/mol. The third kappa shape index (κ3) is 2.90. The Morgan fingerprint density at radius 2 is 2.10 bits per heavy atom. The molecule has 0 amide bonds. The van der Waals surface area contributed by atoms with Crippen molar-refractivity contribution in [2.24, 2.45) is 0 Å². The van der Waals surface area contributed by atoms with Crippen LogP contribution in [0.25, 0.3) is 11.1 Å². The standard InChI is InChI=1S/C15H13BrN2OS/c1-17-9-10-6-7-11(16)8-14(10)20-15-18-12-4-2-3-5-13(12)19-15/h2-8,17H,9H2,1H3. The molecule has 0 saturated carbocycles. The molecule has 0 spiro atoms. The van der Waals surface area contributed by atoms with E-state index in [0.717, 1.165) is 27.0 Å². The summed E-state index contributed by atoms with van der Waals surface area (Å²) in [5.74, 6) is 0. The average molecular weight is 349 g/mol. The van der Waals surface area contributed by atoms with Crippen molar-refractivity contribution in [1.82, 2.24) is 10.3 Å². The first-order valence-corrected chi connectivity index (χ1v) is 7.83. The first-order valence-electron chi connectivity index (χ1n) is 6.23. The molecule has 1 heterocycles. The summed E-state index contributed by atoms with van der Waals surface area (Å²) in [6.07, 6.45) is 0. The number of halogens is 1. The third-order valence-electron chi connectivity index (χ3n) is 2.87. The number of nitrogens with one attached hydrogen (secondary N) is 1. The van der Waals surface area contributed by atoms with E-state index in [9.17, 15) is 0 Å². The van der Waals surface area contributed by atoms with Gasteiger partial charge in [-0.1, -0.05) is 34.1 Å². The second-order valence-electron chi connectivity index (χ2n) is 4.33. The van der Waals surface area contributed by atoms with Crippen LogP contribution in [0, 0.1) is 0 Å². The molecule has 102 valence electrons. The highest BCUT2D eigenvalue weighted by Crippen LogP contribution is 2.33. The Hall–Kier alpha value is -1.30. The van der Waals surface area contributed by atoms with Gasteiger partial charge in [0.1, 0.15) is 5.52 Å². The lowest BCUT2D eigenvalue weighted by atomic mass is 10.2. The largest absolute Gasteiger partial charge is 0.431 e. The van der Waals surface area contributed by atoms with E-state index in [0.29, 0.717) is 5.22 Å². The fourth-order valence-corrected chi connectivity index (χ4v) is 3.38. The molecular formula is C15H13BrN2OS. The fourth-order valence-electron chi connectivity index (χ4n) is 1.95. The number of oxazole rings is 1. The monoisotopic (exact) mass is 348 g/mol. The molecule has 3 nitrogen and oxygen atoms in total. The molecule has 20 heavy (non-hydrogen) atoms. The van der Waals surface area contributed by atoms with Crippen LogP contribution in [-0.4, -0.2) is 12.0 Å². The molecule has 1 N–H and O–H groups in total. The molecule has 0 aliphatic heterocycles. The minimum absolute atomic E-state index is 0.668. The smallest absolute Gasteiger partial charge is 0.261 e. The predicted molar refractivity (Wildman–Crippen MR) is 85.0 cm³/mol. The molecule has 0 bridgehead atoms. The van der Waals surface area contributed by atoms with E-state index in [-0.39, 0.29) is 0 Å². The van der Waals surface area contributed by atoms with Crippen molar-refractivity contribution in [2.45, 2.75) is 16.7 Å². The van der Waals surface area contributed by atoms with E-state index >= 15 is 0 Å². The minimum Gasteiger partial charge on any atom is -0.431 e. The number of benzene rings is 2. The number of fused-ring (bicyclic) bond motifs is 1. The summed E-state index contributed by atoms with van der Waals surface area (Å²) in [6.45, 7) is 0.815. The van der Waals surface area contributed by atoms with E-state index in [1.807, 2.05) is 37.4 Å². The highest BCUT2D eigenvalue weighted by atomic mass is 79.9. The fraction of sp³-hybridized carbons (Fsp3) is 0.133. The zero-order valence-corrected chi connectivity index (χ0v) is 13.3. The topological polar surface area (TPSA) is 38.1 Å². The van der Waals surface area contributed by atoms with Gasteiger partial charge in [-0.3, -0.25) is 0 Å². The van der Waals surface area contributed by atoms with Crippen molar-refractivity contribution in [3.05, 3.63) is 52.5 Å². The Labute approximate surface area is 129 Å². The summed E-state index contributed by atoms with van der Waals surface area (Å²) in [5, 5.41) is 3.84. The minimum atomic E-state index is 0.668. The van der Waals surface area contributed by atoms with Gasteiger partial charge in [0.2, 0.25) is 0 Å². The van der Waals surface area contributed by atoms with Crippen molar-refractivity contribution in [2.75, 3.05) is 7.05 Å². The highest BCUT2D eigenvalue weighted by molar-refractivity contribution is 9.10. The summed E-state index contributed by atoms with van der Waals surface area (Å²) in [4.78, 5) is 5.64. The van der Waals surface area contributed by atoms with Crippen LogP contribution < -0.4 is 5.32 Å². The summed E-state index contributed by atoms with van der Waals surface area (Å²) in [5.41, 5.74) is 2.93. The van der Waals surface area contributed by atoms with Gasteiger partial charge in [-0.15, -0.1) is 0 Å². The van der Waals surface area contributed by atoms with Crippen LogP contribution in [0.5, 0.6) is 0 Å². The lowest BCUT2D eigenvalue weighted by Crippen LogP contribution is -2.05. The Balaban J connectivity index is 1.95. The number of rotatable bonds is 4. The van der Waals surface area contributed by atoms with Crippen LogP contribution in [0.3, 0.4) is 0 Å². The maximum absolute atomic E-state index is 5.76. The summed E-state index contributed by atoms with van der Waals surface area (Å²) in [7, 11) is 1.94. The Bertz CT molecular complexity index is 709. The van der Waals surface area contributed by atoms with Crippen molar-refractivity contribution < 1.29 is 4.42 Å². The van der Waals surface area contributed by atoms with Crippen molar-refractivity contribution >= 4 is 38.8 Å². The summed E-state index contributed by atoms with van der Waals surface area (Å²) < 4.78 is 6.81. The van der Waals surface area contributed by atoms with Gasteiger partial charge in [0, 0.05) is 15.9 Å². The molecule has 0 aliphatic carbocycles. The van der Waals surface area contributed by atoms with E-state index in [2.05, 4.69) is 38.4 Å². The maximum Gasteiger partial charge on any atom is 0.261 e. The molecule has 1 aromatic heterocycles. The Morgan fingerprint density at radius 3 is 2.90 bits per heavy atom. The van der Waals surface area contributed by atoms with E-state index in [1.165, 1.54) is 5.56 Å². The average Bonchev–Trinajstić information content (AvgIpc) is 2.84. The van der Waals surface area contributed by atoms with Gasteiger partial charge in [0.05, 0.1) is 0 Å². The van der Waals surface area contributed by atoms with Gasteiger partial charge >= 0.3 is 0 Å². The van der Waals surface area contributed by atoms with Gasteiger partial charge in [-0.25, -0.2) is 4.98 Å². The third-order valence-corrected chi connectivity index (χ3v) is 4.31. The summed E-state index contributed by atoms with van der Waals surface area (Å²) >= 11 is 5.06. The number of aromatic nitrogens is 1. The molecule has 0 fully saturated rings. The van der Waals surface area contributed by atoms with Crippen LogP contribution in [0.4, 0.5) is 0 Å². The van der Waals surface area contributed by atoms with Gasteiger partial charge in [-0.2, -0.15) is 0 Å². The van der Waals surface area contributed by atoms with Crippen molar-refractivity contribution in [3.8, 4) is 0 Å². The van der Waals surface area contributed by atoms with Gasteiger partial charge < -0.3 is 9.73 Å². The Kier molecular flexibility index (Phi) is 4.10. The molecule has 3 aromatic rings. The zero-order chi connectivity index (χ0) is 13.9. The quantitative estimate of drug-likeness (QED) is 0.755. The SMILES string of the molecule is CNCc1ccc(Br)cc1Sc1nc2ccccc2o1. The summed E-state index contributed by atoms with van der Waals surface area (Å²) in [6, 6.07) is 14.0. The maximum atomic E-state index is 5.76. The predicted octanol–water partition coefficient (Wildman–Crippen LogP) is 4.46. The lowest BCUT2D eigenvalue weighted by Gasteiger charge is -2.07. The van der Waals surface area contributed by atoms with Crippen molar-refractivity contribution in [1.29, 1.82) is 0 Å². The molecule has 3 rings (SSSR count). The highest BCUT2D eigenvalue weighted by Gasteiger charge is 2.10. The first-order chi connectivity index (χ1) is 9.76. The number of hydrogen-bond acceptors (Lipinski definition) is 4. The van der Waals surface area contributed by atoms with Crippen LogP contribution >= 0.6 is 27.7 Å². The first kappa shape index (κ1) is 13.7. The molecule has 0 radical (unpaired) electrons. The molecule has 0 unspecified atom stereocenters. The molecule has 2 aromatic carbocycles.